The second kappa shape index (κ2) is 3.01. The number of hydrogen-bond donors (Lipinski definition) is 1. The molecule has 2 N–H and O–H groups in total. The summed E-state index contributed by atoms with van der Waals surface area (Å²) < 4.78 is 0. The number of hydrogen-bond acceptors (Lipinski definition) is 2. The van der Waals surface area contributed by atoms with Crippen LogP contribution >= 0.6 is 11.8 Å². The van der Waals surface area contributed by atoms with Gasteiger partial charge in [0, 0.05) is 11.1 Å². The van der Waals surface area contributed by atoms with Crippen molar-refractivity contribution in [3.05, 3.63) is 11.1 Å². The topological polar surface area (TPSA) is 46.3 Å². The summed E-state index contributed by atoms with van der Waals surface area (Å²) in [5, 5.41) is 0. The van der Waals surface area contributed by atoms with Crippen molar-refractivity contribution in [2.75, 3.05) is 5.88 Å². The SMILES string of the molecule is CC(C)(C)C1=CN(C(N)=O)CS1. The highest BCUT2D eigenvalue weighted by Crippen LogP contribution is 2.38. The van der Waals surface area contributed by atoms with Crippen LogP contribution in [0.2, 0.25) is 0 Å². The Balaban J connectivity index is 2.73. The minimum atomic E-state index is -0.373. The molecule has 0 fully saturated rings. The Morgan fingerprint density at radius 3 is 2.50 bits per heavy atom. The highest BCUT2D eigenvalue weighted by atomic mass is 32.2. The van der Waals surface area contributed by atoms with E-state index in [0.29, 0.717) is 5.88 Å². The number of carbonyl (C=O) groups is 1. The van der Waals surface area contributed by atoms with Crippen LogP contribution in [-0.4, -0.2) is 16.8 Å². The van der Waals surface area contributed by atoms with Crippen LogP contribution in [0.25, 0.3) is 0 Å². The maximum Gasteiger partial charge on any atom is 0.319 e. The molecule has 1 aliphatic rings. The van der Waals surface area contributed by atoms with Crippen LogP contribution in [0.1, 0.15) is 20.8 Å². The number of primary amides is 1. The maximum absolute atomic E-state index is 10.8. The minimum absolute atomic E-state index is 0.120. The Morgan fingerprint density at radius 1 is 1.67 bits per heavy atom. The van der Waals surface area contributed by atoms with Gasteiger partial charge in [-0.05, 0) is 5.41 Å². The highest BCUT2D eigenvalue weighted by Gasteiger charge is 2.25. The van der Waals surface area contributed by atoms with Gasteiger partial charge in [0.15, 0.2) is 0 Å². The third-order valence-corrected chi connectivity index (χ3v) is 3.09. The first-order valence-electron chi connectivity index (χ1n) is 3.82. The van der Waals surface area contributed by atoms with Gasteiger partial charge in [-0.25, -0.2) is 4.79 Å². The molecule has 1 heterocycles. The summed E-state index contributed by atoms with van der Waals surface area (Å²) in [6, 6.07) is -0.373. The molecule has 4 heteroatoms. The number of rotatable bonds is 0. The molecule has 0 saturated heterocycles. The van der Waals surface area contributed by atoms with Crippen molar-refractivity contribution in [1.29, 1.82) is 0 Å². The van der Waals surface area contributed by atoms with Gasteiger partial charge in [-0.1, -0.05) is 20.8 Å². The van der Waals surface area contributed by atoms with Gasteiger partial charge in [-0.2, -0.15) is 0 Å². The van der Waals surface area contributed by atoms with E-state index in [9.17, 15) is 4.79 Å². The summed E-state index contributed by atoms with van der Waals surface area (Å²) in [5.74, 6) is 0.655. The van der Waals surface area contributed by atoms with Crippen LogP contribution in [0, 0.1) is 5.41 Å². The Hall–Kier alpha value is -0.640. The summed E-state index contributed by atoms with van der Waals surface area (Å²) in [6.45, 7) is 6.36. The van der Waals surface area contributed by atoms with Crippen LogP contribution in [0.15, 0.2) is 11.1 Å². The fraction of sp³-hybridized carbons (Fsp3) is 0.625. The number of thioether (sulfide) groups is 1. The number of nitrogens with zero attached hydrogens (tertiary/aromatic N) is 1. The summed E-state index contributed by atoms with van der Waals surface area (Å²) >= 11 is 1.67. The van der Waals surface area contributed by atoms with E-state index in [1.54, 1.807) is 11.8 Å². The second-order valence-electron chi connectivity index (χ2n) is 3.82. The standard InChI is InChI=1S/C8H14N2OS/c1-8(2,3)6-4-10(5-12-6)7(9)11/h4H,5H2,1-3H3,(H2,9,11). The Kier molecular flexibility index (Phi) is 2.37. The van der Waals surface area contributed by atoms with E-state index in [1.165, 1.54) is 9.81 Å². The maximum atomic E-state index is 10.8. The van der Waals surface area contributed by atoms with Crippen LogP contribution in [0.3, 0.4) is 0 Å². The lowest BCUT2D eigenvalue weighted by Gasteiger charge is -2.17. The molecule has 0 spiro atoms. The molecule has 0 saturated carbocycles. The monoisotopic (exact) mass is 186 g/mol. The fourth-order valence-electron chi connectivity index (χ4n) is 0.893. The van der Waals surface area contributed by atoms with E-state index in [2.05, 4.69) is 20.8 Å². The second-order valence-corrected chi connectivity index (χ2v) is 4.81. The van der Waals surface area contributed by atoms with E-state index in [-0.39, 0.29) is 11.4 Å². The molecule has 0 aromatic rings. The van der Waals surface area contributed by atoms with Gasteiger partial charge in [-0.15, -0.1) is 11.8 Å². The zero-order valence-corrected chi connectivity index (χ0v) is 8.44. The zero-order valence-electron chi connectivity index (χ0n) is 7.63. The largest absolute Gasteiger partial charge is 0.351 e. The molecule has 0 atom stereocenters. The van der Waals surface area contributed by atoms with Crippen LogP contribution in [-0.2, 0) is 0 Å². The molecule has 0 aromatic carbocycles. The van der Waals surface area contributed by atoms with Gasteiger partial charge < -0.3 is 5.73 Å². The lowest BCUT2D eigenvalue weighted by Crippen LogP contribution is -2.28. The van der Waals surface area contributed by atoms with Crippen molar-refractivity contribution in [1.82, 2.24) is 4.90 Å². The minimum Gasteiger partial charge on any atom is -0.351 e. The smallest absolute Gasteiger partial charge is 0.319 e. The molecule has 0 unspecified atom stereocenters. The molecular weight excluding hydrogens is 172 g/mol. The van der Waals surface area contributed by atoms with Crippen molar-refractivity contribution in [2.24, 2.45) is 11.1 Å². The van der Waals surface area contributed by atoms with E-state index in [0.717, 1.165) is 0 Å². The Morgan fingerprint density at radius 2 is 2.25 bits per heavy atom. The predicted molar refractivity (Wildman–Crippen MR) is 51.4 cm³/mol. The molecule has 12 heavy (non-hydrogen) atoms. The Bertz CT molecular complexity index is 230. The van der Waals surface area contributed by atoms with Crippen molar-refractivity contribution >= 4 is 17.8 Å². The molecule has 2 amide bonds. The third kappa shape index (κ3) is 1.94. The molecule has 0 aromatic heterocycles. The van der Waals surface area contributed by atoms with Gasteiger partial charge in [0.2, 0.25) is 0 Å². The summed E-state index contributed by atoms with van der Waals surface area (Å²) in [7, 11) is 0. The van der Waals surface area contributed by atoms with Crippen LogP contribution < -0.4 is 5.73 Å². The van der Waals surface area contributed by atoms with Crippen LogP contribution in [0.5, 0.6) is 0 Å². The number of allylic oxidation sites excluding steroid dienone is 1. The van der Waals surface area contributed by atoms with E-state index >= 15 is 0 Å². The Labute approximate surface area is 77.0 Å². The first-order valence-corrected chi connectivity index (χ1v) is 4.81. The van der Waals surface area contributed by atoms with Crippen molar-refractivity contribution in [3.63, 3.8) is 0 Å². The molecule has 68 valence electrons. The van der Waals surface area contributed by atoms with Gasteiger partial charge in [0.25, 0.3) is 0 Å². The third-order valence-electron chi connectivity index (χ3n) is 1.65. The number of carbonyl (C=O) groups excluding carboxylic acids is 1. The summed E-state index contributed by atoms with van der Waals surface area (Å²) in [6.07, 6.45) is 1.84. The predicted octanol–water partition coefficient (Wildman–Crippen LogP) is 1.96. The molecule has 3 nitrogen and oxygen atoms in total. The normalized spacial score (nSPS) is 17.9. The summed E-state index contributed by atoms with van der Waals surface area (Å²) in [4.78, 5) is 13.5. The summed E-state index contributed by atoms with van der Waals surface area (Å²) in [5.41, 5.74) is 5.25. The number of amides is 2. The quantitative estimate of drug-likeness (QED) is 0.628. The molecule has 1 aliphatic heterocycles. The average Bonchev–Trinajstić information content (AvgIpc) is 2.30. The first kappa shape index (κ1) is 9.45. The van der Waals surface area contributed by atoms with Gasteiger partial charge in [0.1, 0.15) is 0 Å². The van der Waals surface area contributed by atoms with E-state index in [1.807, 2.05) is 6.20 Å². The van der Waals surface area contributed by atoms with Gasteiger partial charge in [-0.3, -0.25) is 4.90 Å². The van der Waals surface area contributed by atoms with Gasteiger partial charge >= 0.3 is 6.03 Å². The molecule has 0 aliphatic carbocycles. The highest BCUT2D eigenvalue weighted by molar-refractivity contribution is 8.03. The molecular formula is C8H14N2OS. The average molecular weight is 186 g/mol. The van der Waals surface area contributed by atoms with Crippen LogP contribution in [0.4, 0.5) is 4.79 Å². The van der Waals surface area contributed by atoms with Crippen molar-refractivity contribution in [3.8, 4) is 0 Å². The molecule has 0 radical (unpaired) electrons. The lowest BCUT2D eigenvalue weighted by molar-refractivity contribution is 0.230. The number of nitrogens with two attached hydrogens (primary N) is 1. The van der Waals surface area contributed by atoms with Crippen molar-refractivity contribution in [2.45, 2.75) is 20.8 Å². The lowest BCUT2D eigenvalue weighted by atomic mass is 9.96. The van der Waals surface area contributed by atoms with Crippen molar-refractivity contribution < 1.29 is 4.79 Å². The number of urea groups is 1. The van der Waals surface area contributed by atoms with E-state index < -0.39 is 0 Å². The molecule has 0 bridgehead atoms. The molecule has 1 rings (SSSR count). The zero-order chi connectivity index (χ0) is 9.35. The fourth-order valence-corrected chi connectivity index (χ4v) is 2.01. The van der Waals surface area contributed by atoms with E-state index in [4.69, 9.17) is 5.73 Å². The first-order chi connectivity index (χ1) is 5.41. The van der Waals surface area contributed by atoms with Gasteiger partial charge in [0.05, 0.1) is 5.88 Å².